The third-order valence-electron chi connectivity index (χ3n) is 3.22. The van der Waals surface area contributed by atoms with E-state index in [2.05, 4.69) is 19.2 Å². The van der Waals surface area contributed by atoms with Crippen LogP contribution in [0.2, 0.25) is 0 Å². The molecule has 0 bridgehead atoms. The molecule has 2 N–H and O–H groups in total. The fourth-order valence-electron chi connectivity index (χ4n) is 2.26. The number of hydrogen-bond donors (Lipinski definition) is 2. The summed E-state index contributed by atoms with van der Waals surface area (Å²) in [6.45, 7) is 4.46. The summed E-state index contributed by atoms with van der Waals surface area (Å²) in [5.41, 5.74) is 0. The summed E-state index contributed by atoms with van der Waals surface area (Å²) in [5.74, 6) is 0. The molecule has 0 amide bonds. The Morgan fingerprint density at radius 3 is 2.71 bits per heavy atom. The zero-order chi connectivity index (χ0) is 10.4. The van der Waals surface area contributed by atoms with Crippen molar-refractivity contribution < 1.29 is 5.11 Å². The van der Waals surface area contributed by atoms with Crippen molar-refractivity contribution in [1.29, 1.82) is 0 Å². The summed E-state index contributed by atoms with van der Waals surface area (Å²) < 4.78 is 0. The average molecular weight is 199 g/mol. The summed E-state index contributed by atoms with van der Waals surface area (Å²) >= 11 is 0. The molecule has 0 aromatic rings. The second kappa shape index (κ2) is 6.41. The fourth-order valence-corrected chi connectivity index (χ4v) is 2.26. The van der Waals surface area contributed by atoms with Crippen molar-refractivity contribution in [2.24, 2.45) is 0 Å². The normalized spacial score (nSPS) is 30.2. The second-order valence-electron chi connectivity index (χ2n) is 4.67. The molecule has 1 aliphatic rings. The third kappa shape index (κ3) is 3.97. The molecule has 84 valence electrons. The maximum absolute atomic E-state index is 9.78. The van der Waals surface area contributed by atoms with Gasteiger partial charge in [-0.15, -0.1) is 0 Å². The molecule has 2 nitrogen and oxygen atoms in total. The monoisotopic (exact) mass is 199 g/mol. The van der Waals surface area contributed by atoms with Gasteiger partial charge in [-0.25, -0.2) is 0 Å². The van der Waals surface area contributed by atoms with Crippen LogP contribution >= 0.6 is 0 Å². The summed E-state index contributed by atoms with van der Waals surface area (Å²) in [5, 5.41) is 13.3. The molecule has 2 heteroatoms. The first-order valence-corrected chi connectivity index (χ1v) is 6.18. The van der Waals surface area contributed by atoms with Crippen LogP contribution in [0.3, 0.4) is 0 Å². The smallest absolute Gasteiger partial charge is 0.0693 e. The van der Waals surface area contributed by atoms with Crippen LogP contribution < -0.4 is 5.32 Å². The third-order valence-corrected chi connectivity index (χ3v) is 3.22. The minimum atomic E-state index is -0.104. The first-order valence-electron chi connectivity index (χ1n) is 6.18. The molecule has 0 aromatic heterocycles. The highest BCUT2D eigenvalue weighted by Crippen LogP contribution is 2.19. The van der Waals surface area contributed by atoms with Crippen LogP contribution in [0, 0.1) is 0 Å². The highest BCUT2D eigenvalue weighted by atomic mass is 16.3. The van der Waals surface area contributed by atoms with Gasteiger partial charge >= 0.3 is 0 Å². The van der Waals surface area contributed by atoms with Crippen molar-refractivity contribution in [3.63, 3.8) is 0 Å². The van der Waals surface area contributed by atoms with Crippen LogP contribution in [-0.2, 0) is 0 Å². The molecule has 0 radical (unpaired) electrons. The van der Waals surface area contributed by atoms with Crippen LogP contribution in [0.15, 0.2) is 0 Å². The average Bonchev–Trinajstić information content (AvgIpc) is 2.18. The number of aliphatic hydroxyl groups is 1. The molecule has 0 saturated heterocycles. The SMILES string of the molecule is CCCCC(C)N[C@H]1CCCC[C@@H]1O. The molecular weight excluding hydrogens is 174 g/mol. The Hall–Kier alpha value is -0.0800. The molecule has 0 aromatic carbocycles. The van der Waals surface area contributed by atoms with Gasteiger partial charge in [0.05, 0.1) is 6.10 Å². The minimum absolute atomic E-state index is 0.104. The molecule has 3 atom stereocenters. The van der Waals surface area contributed by atoms with Crippen molar-refractivity contribution in [1.82, 2.24) is 5.32 Å². The maximum atomic E-state index is 9.78. The topological polar surface area (TPSA) is 32.3 Å². The van der Waals surface area contributed by atoms with Gasteiger partial charge in [-0.05, 0) is 26.2 Å². The largest absolute Gasteiger partial charge is 0.392 e. The first kappa shape index (κ1) is 12.0. The van der Waals surface area contributed by atoms with Gasteiger partial charge in [0.1, 0.15) is 0 Å². The summed E-state index contributed by atoms with van der Waals surface area (Å²) in [7, 11) is 0. The van der Waals surface area contributed by atoms with Crippen LogP contribution in [0.4, 0.5) is 0 Å². The van der Waals surface area contributed by atoms with Crippen molar-refractivity contribution in [3.8, 4) is 0 Å². The van der Waals surface area contributed by atoms with E-state index in [4.69, 9.17) is 0 Å². The van der Waals surface area contributed by atoms with E-state index in [-0.39, 0.29) is 6.10 Å². The Morgan fingerprint density at radius 2 is 2.07 bits per heavy atom. The zero-order valence-corrected chi connectivity index (χ0v) is 9.63. The highest BCUT2D eigenvalue weighted by Gasteiger charge is 2.23. The van der Waals surface area contributed by atoms with Crippen molar-refractivity contribution >= 4 is 0 Å². The van der Waals surface area contributed by atoms with E-state index in [1.807, 2.05) is 0 Å². The van der Waals surface area contributed by atoms with Gasteiger partial charge in [-0.3, -0.25) is 0 Å². The summed E-state index contributed by atoms with van der Waals surface area (Å²) in [6.07, 6.45) is 8.29. The zero-order valence-electron chi connectivity index (χ0n) is 9.63. The Kier molecular flexibility index (Phi) is 5.49. The number of nitrogens with one attached hydrogen (secondary N) is 1. The molecule has 14 heavy (non-hydrogen) atoms. The summed E-state index contributed by atoms with van der Waals surface area (Å²) in [6, 6.07) is 0.920. The standard InChI is InChI=1S/C12H25NO/c1-3-4-7-10(2)13-11-8-5-6-9-12(11)14/h10-14H,3-9H2,1-2H3/t10?,11-,12-/m0/s1. The molecule has 0 spiro atoms. The maximum Gasteiger partial charge on any atom is 0.0693 e. The Labute approximate surface area is 88.1 Å². The molecule has 1 aliphatic carbocycles. The van der Waals surface area contributed by atoms with E-state index in [0.29, 0.717) is 12.1 Å². The number of rotatable bonds is 5. The molecule has 1 fully saturated rings. The number of unbranched alkanes of at least 4 members (excludes halogenated alkanes) is 1. The van der Waals surface area contributed by atoms with Crippen LogP contribution in [0.5, 0.6) is 0 Å². The molecular formula is C12H25NO. The van der Waals surface area contributed by atoms with Gasteiger partial charge in [0.15, 0.2) is 0 Å². The Balaban J connectivity index is 2.20. The lowest BCUT2D eigenvalue weighted by Gasteiger charge is -2.31. The lowest BCUT2D eigenvalue weighted by atomic mass is 9.92. The second-order valence-corrected chi connectivity index (χ2v) is 4.67. The van der Waals surface area contributed by atoms with E-state index in [0.717, 1.165) is 12.8 Å². The van der Waals surface area contributed by atoms with E-state index in [1.165, 1.54) is 32.1 Å². The predicted octanol–water partition coefficient (Wildman–Crippen LogP) is 2.46. The van der Waals surface area contributed by atoms with Gasteiger partial charge in [0.25, 0.3) is 0 Å². The van der Waals surface area contributed by atoms with Crippen LogP contribution in [0.25, 0.3) is 0 Å². The Bertz CT molecular complexity index is 149. The Morgan fingerprint density at radius 1 is 1.36 bits per heavy atom. The lowest BCUT2D eigenvalue weighted by Crippen LogP contribution is -2.46. The van der Waals surface area contributed by atoms with Crippen LogP contribution in [-0.4, -0.2) is 23.3 Å². The predicted molar refractivity (Wildman–Crippen MR) is 60.4 cm³/mol. The molecule has 0 aliphatic heterocycles. The molecule has 1 unspecified atom stereocenters. The van der Waals surface area contributed by atoms with Crippen LogP contribution in [0.1, 0.15) is 58.8 Å². The quantitative estimate of drug-likeness (QED) is 0.713. The lowest BCUT2D eigenvalue weighted by molar-refractivity contribution is 0.0852. The van der Waals surface area contributed by atoms with Crippen molar-refractivity contribution in [2.45, 2.75) is 77.0 Å². The molecule has 1 rings (SSSR count). The minimum Gasteiger partial charge on any atom is -0.392 e. The van der Waals surface area contributed by atoms with E-state index in [1.54, 1.807) is 0 Å². The number of aliphatic hydroxyl groups excluding tert-OH is 1. The highest BCUT2D eigenvalue weighted by molar-refractivity contribution is 4.82. The summed E-state index contributed by atoms with van der Waals surface area (Å²) in [4.78, 5) is 0. The van der Waals surface area contributed by atoms with Gasteiger partial charge in [0.2, 0.25) is 0 Å². The van der Waals surface area contributed by atoms with Gasteiger partial charge in [0, 0.05) is 12.1 Å². The van der Waals surface area contributed by atoms with Gasteiger partial charge < -0.3 is 10.4 Å². The van der Waals surface area contributed by atoms with E-state index in [9.17, 15) is 5.11 Å². The molecule has 0 heterocycles. The van der Waals surface area contributed by atoms with Crippen molar-refractivity contribution in [2.75, 3.05) is 0 Å². The van der Waals surface area contributed by atoms with Crippen molar-refractivity contribution in [3.05, 3.63) is 0 Å². The van der Waals surface area contributed by atoms with Gasteiger partial charge in [-0.2, -0.15) is 0 Å². The molecule has 1 saturated carbocycles. The van der Waals surface area contributed by atoms with E-state index < -0.39 is 0 Å². The van der Waals surface area contributed by atoms with E-state index >= 15 is 0 Å². The fraction of sp³-hybridized carbons (Fsp3) is 1.00. The number of hydrogen-bond acceptors (Lipinski definition) is 2. The first-order chi connectivity index (χ1) is 6.74. The van der Waals surface area contributed by atoms with Gasteiger partial charge in [-0.1, -0.05) is 32.6 Å².